The molecule has 0 amide bonds. The number of hydrogen-bond acceptors (Lipinski definition) is 3. The number of alkyl halides is 3. The highest BCUT2D eigenvalue weighted by Gasteiger charge is 2.43. The maximum atomic E-state index is 13.0. The third-order valence-electron chi connectivity index (χ3n) is 4.03. The molecule has 2 atom stereocenters. The summed E-state index contributed by atoms with van der Waals surface area (Å²) in [5, 5.41) is 0. The van der Waals surface area contributed by atoms with Gasteiger partial charge in [-0.1, -0.05) is 24.3 Å². The lowest BCUT2D eigenvalue weighted by atomic mass is 9.84. The Hall–Kier alpha value is -1.56. The van der Waals surface area contributed by atoms with Crippen molar-refractivity contribution in [3.05, 3.63) is 35.4 Å². The molecule has 0 aliphatic heterocycles. The molecule has 23 heavy (non-hydrogen) atoms. The van der Waals surface area contributed by atoms with Gasteiger partial charge >= 0.3 is 12.1 Å². The van der Waals surface area contributed by atoms with Crippen LogP contribution < -0.4 is 0 Å². The third kappa shape index (κ3) is 4.96. The molecule has 2 rings (SSSR count). The molecule has 128 valence electrons. The van der Waals surface area contributed by atoms with Gasteiger partial charge in [-0.3, -0.25) is 4.79 Å². The summed E-state index contributed by atoms with van der Waals surface area (Å²) in [6.45, 7) is 1.95. The highest BCUT2D eigenvalue weighted by atomic mass is 19.4. The van der Waals surface area contributed by atoms with E-state index in [4.69, 9.17) is 9.47 Å². The molecule has 1 unspecified atom stereocenters. The summed E-state index contributed by atoms with van der Waals surface area (Å²) >= 11 is 0. The van der Waals surface area contributed by atoms with Crippen molar-refractivity contribution in [2.75, 3.05) is 13.2 Å². The number of esters is 1. The lowest BCUT2D eigenvalue weighted by Crippen LogP contribution is -2.37. The van der Waals surface area contributed by atoms with Crippen molar-refractivity contribution >= 4 is 5.97 Å². The van der Waals surface area contributed by atoms with Crippen LogP contribution in [0.1, 0.15) is 30.9 Å². The van der Waals surface area contributed by atoms with E-state index in [-0.39, 0.29) is 13.0 Å². The summed E-state index contributed by atoms with van der Waals surface area (Å²) < 4.78 is 48.7. The zero-order valence-electron chi connectivity index (χ0n) is 13.1. The van der Waals surface area contributed by atoms with Crippen LogP contribution in [0.2, 0.25) is 0 Å². The van der Waals surface area contributed by atoms with Gasteiger partial charge in [-0.15, -0.1) is 0 Å². The monoisotopic (exact) mass is 330 g/mol. The molecule has 0 radical (unpaired) electrons. The van der Waals surface area contributed by atoms with Crippen molar-refractivity contribution in [1.29, 1.82) is 0 Å². The zero-order chi connectivity index (χ0) is 16.9. The van der Waals surface area contributed by atoms with Gasteiger partial charge < -0.3 is 9.47 Å². The van der Waals surface area contributed by atoms with Crippen LogP contribution in [0, 0.1) is 5.92 Å². The first kappa shape index (κ1) is 17.8. The van der Waals surface area contributed by atoms with Crippen LogP contribution in [0.25, 0.3) is 0 Å². The first-order valence-corrected chi connectivity index (χ1v) is 7.83. The van der Waals surface area contributed by atoms with Crippen molar-refractivity contribution in [2.45, 2.75) is 44.9 Å². The molecular formula is C17H21F3O3. The molecule has 1 aromatic carbocycles. The second kappa shape index (κ2) is 7.81. The van der Waals surface area contributed by atoms with Crippen molar-refractivity contribution in [3.63, 3.8) is 0 Å². The number of rotatable bonds is 6. The molecule has 0 aromatic heterocycles. The predicted octanol–water partition coefficient (Wildman–Crippen LogP) is 3.69. The van der Waals surface area contributed by atoms with Gasteiger partial charge in [0.05, 0.1) is 12.5 Å². The minimum Gasteiger partial charge on any atom is -0.452 e. The van der Waals surface area contributed by atoms with Crippen LogP contribution in [0.15, 0.2) is 24.3 Å². The summed E-state index contributed by atoms with van der Waals surface area (Å²) in [6.07, 6.45) is -5.40. The Balaban J connectivity index is 1.96. The van der Waals surface area contributed by atoms with E-state index >= 15 is 0 Å². The standard InChI is InChI=1S/C17H21F3O3/c1-2-22-10-9-15(17(18,19)20)23-16(21)14-8-7-12-5-3-4-6-13(12)11-14/h3-6,14-15H,2,7-11H2,1H3/t14?,15-/m1/s1. The summed E-state index contributed by atoms with van der Waals surface area (Å²) in [4.78, 5) is 12.1. The van der Waals surface area contributed by atoms with Gasteiger partial charge in [-0.25, -0.2) is 0 Å². The number of hydrogen-bond donors (Lipinski definition) is 0. The molecule has 0 N–H and O–H groups in total. The minimum atomic E-state index is -4.57. The van der Waals surface area contributed by atoms with Gasteiger partial charge in [0, 0.05) is 13.0 Å². The Morgan fingerprint density at radius 1 is 1.30 bits per heavy atom. The zero-order valence-corrected chi connectivity index (χ0v) is 13.1. The van der Waals surface area contributed by atoms with Gasteiger partial charge in [-0.2, -0.15) is 13.2 Å². The Labute approximate surface area is 133 Å². The van der Waals surface area contributed by atoms with Crippen LogP contribution in [-0.4, -0.2) is 31.5 Å². The second-order valence-corrected chi connectivity index (χ2v) is 5.66. The van der Waals surface area contributed by atoms with Crippen molar-refractivity contribution in [2.24, 2.45) is 5.92 Å². The van der Waals surface area contributed by atoms with E-state index in [2.05, 4.69) is 0 Å². The lowest BCUT2D eigenvalue weighted by Gasteiger charge is -2.26. The van der Waals surface area contributed by atoms with E-state index in [9.17, 15) is 18.0 Å². The van der Waals surface area contributed by atoms with Crippen LogP contribution in [-0.2, 0) is 27.1 Å². The van der Waals surface area contributed by atoms with Gasteiger partial charge in [0.25, 0.3) is 0 Å². The number of ether oxygens (including phenoxy) is 2. The van der Waals surface area contributed by atoms with Gasteiger partial charge in [0.2, 0.25) is 0 Å². The molecule has 1 aromatic rings. The highest BCUT2D eigenvalue weighted by molar-refractivity contribution is 5.73. The third-order valence-corrected chi connectivity index (χ3v) is 4.03. The molecule has 3 nitrogen and oxygen atoms in total. The molecular weight excluding hydrogens is 309 g/mol. The smallest absolute Gasteiger partial charge is 0.425 e. The Morgan fingerprint density at radius 3 is 2.65 bits per heavy atom. The fraction of sp³-hybridized carbons (Fsp3) is 0.588. The molecule has 0 fully saturated rings. The van der Waals surface area contributed by atoms with E-state index in [0.717, 1.165) is 11.1 Å². The van der Waals surface area contributed by atoms with Crippen LogP contribution >= 0.6 is 0 Å². The first-order chi connectivity index (χ1) is 10.9. The minimum absolute atomic E-state index is 0.0819. The number of fused-ring (bicyclic) bond motifs is 1. The highest BCUT2D eigenvalue weighted by Crippen LogP contribution is 2.30. The summed E-state index contributed by atoms with van der Waals surface area (Å²) in [6, 6.07) is 7.68. The van der Waals surface area contributed by atoms with Crippen LogP contribution in [0.5, 0.6) is 0 Å². The Bertz CT molecular complexity index is 528. The molecule has 1 aliphatic rings. The summed E-state index contributed by atoms with van der Waals surface area (Å²) in [5.74, 6) is -1.28. The molecule has 0 bridgehead atoms. The predicted molar refractivity (Wildman–Crippen MR) is 79.0 cm³/mol. The Morgan fingerprint density at radius 2 is 2.00 bits per heavy atom. The molecule has 6 heteroatoms. The van der Waals surface area contributed by atoms with Crippen molar-refractivity contribution in [1.82, 2.24) is 0 Å². The van der Waals surface area contributed by atoms with E-state index in [0.29, 0.717) is 25.9 Å². The number of benzene rings is 1. The van der Waals surface area contributed by atoms with E-state index in [1.165, 1.54) is 0 Å². The van der Waals surface area contributed by atoms with Crippen LogP contribution in [0.4, 0.5) is 13.2 Å². The first-order valence-electron chi connectivity index (χ1n) is 7.83. The quantitative estimate of drug-likeness (QED) is 0.589. The van der Waals surface area contributed by atoms with Crippen molar-refractivity contribution < 1.29 is 27.4 Å². The SMILES string of the molecule is CCOCC[C@@H](OC(=O)C1CCc2ccccc2C1)C(F)(F)F. The fourth-order valence-electron chi connectivity index (χ4n) is 2.76. The average Bonchev–Trinajstić information content (AvgIpc) is 2.52. The fourth-order valence-corrected chi connectivity index (χ4v) is 2.76. The summed E-state index contributed by atoms with van der Waals surface area (Å²) in [5.41, 5.74) is 2.17. The lowest BCUT2D eigenvalue weighted by molar-refractivity contribution is -0.227. The van der Waals surface area contributed by atoms with Crippen LogP contribution in [0.3, 0.4) is 0 Å². The topological polar surface area (TPSA) is 35.5 Å². The largest absolute Gasteiger partial charge is 0.452 e. The molecule has 0 spiro atoms. The number of aryl methyl sites for hydroxylation is 1. The number of carbonyl (C=O) groups is 1. The normalized spacial score (nSPS) is 19.0. The van der Waals surface area contributed by atoms with Gasteiger partial charge in [-0.05, 0) is 37.3 Å². The van der Waals surface area contributed by atoms with Gasteiger partial charge in [0.1, 0.15) is 0 Å². The van der Waals surface area contributed by atoms with E-state index in [1.807, 2.05) is 24.3 Å². The summed E-state index contributed by atoms with van der Waals surface area (Å²) in [7, 11) is 0. The van der Waals surface area contributed by atoms with E-state index < -0.39 is 24.2 Å². The molecule has 0 heterocycles. The number of halogens is 3. The van der Waals surface area contributed by atoms with Crippen molar-refractivity contribution in [3.8, 4) is 0 Å². The van der Waals surface area contributed by atoms with E-state index in [1.54, 1.807) is 6.92 Å². The number of carbonyl (C=O) groups excluding carboxylic acids is 1. The Kier molecular flexibility index (Phi) is 6.04. The molecule has 1 aliphatic carbocycles. The molecule has 0 saturated heterocycles. The maximum Gasteiger partial charge on any atom is 0.425 e. The van der Waals surface area contributed by atoms with Gasteiger partial charge in [0.15, 0.2) is 6.10 Å². The maximum absolute atomic E-state index is 13.0. The average molecular weight is 330 g/mol. The second-order valence-electron chi connectivity index (χ2n) is 5.66. The molecule has 0 saturated carbocycles.